The molecule has 4 heteroatoms. The van der Waals surface area contributed by atoms with Crippen LogP contribution in [-0.4, -0.2) is 7.11 Å². The molecule has 0 amide bonds. The van der Waals surface area contributed by atoms with Gasteiger partial charge in [0.05, 0.1) is 19.2 Å². The first-order valence-electron chi connectivity index (χ1n) is 13.5. The molecule has 5 aromatic carbocycles. The lowest BCUT2D eigenvalue weighted by Crippen LogP contribution is -2.17. The number of allylic oxidation sites excluding steroid dienone is 4. The number of rotatable bonds is 6. The van der Waals surface area contributed by atoms with Gasteiger partial charge in [0, 0.05) is 17.1 Å². The van der Waals surface area contributed by atoms with Crippen molar-refractivity contribution in [3.8, 4) is 11.8 Å². The van der Waals surface area contributed by atoms with Crippen molar-refractivity contribution >= 4 is 50.8 Å². The summed E-state index contributed by atoms with van der Waals surface area (Å²) in [5.41, 5.74) is 6.67. The molecule has 0 atom stereocenters. The van der Waals surface area contributed by atoms with Crippen molar-refractivity contribution in [2.45, 2.75) is 12.8 Å². The van der Waals surface area contributed by atoms with Crippen molar-refractivity contribution in [1.29, 1.82) is 5.26 Å². The Hall–Kier alpha value is -5.58. The summed E-state index contributed by atoms with van der Waals surface area (Å²) in [5, 5.41) is 13.1. The number of ether oxygens (including phenoxy) is 1. The summed E-state index contributed by atoms with van der Waals surface area (Å²) < 4.78 is 5.37. The Bertz CT molecular complexity index is 1930. The summed E-state index contributed by atoms with van der Waals surface area (Å²) in [7, 11) is 1.68. The van der Waals surface area contributed by atoms with Crippen LogP contribution in [0.5, 0.6) is 5.75 Å². The minimum absolute atomic E-state index is 0.583. The molecule has 0 heterocycles. The molecule has 0 saturated carbocycles. The Morgan fingerprint density at radius 2 is 1.49 bits per heavy atom. The molecule has 0 aromatic heterocycles. The van der Waals surface area contributed by atoms with Crippen LogP contribution < -0.4 is 9.64 Å². The van der Waals surface area contributed by atoms with E-state index in [4.69, 9.17) is 11.3 Å². The standard InChI is InChI=1S/C37H27N3O/c1-39-37-34-11-7-6-10-32(34)36(25-38)33-23-16-27(24-35(33)37)13-12-26-14-17-29(18-15-26)40(28-8-4-3-5-9-28)30-19-21-31(41-2)22-20-30/h3-4,6-8,10-24H,5,9H2,2H3. The summed E-state index contributed by atoms with van der Waals surface area (Å²) in [6.45, 7) is 7.86. The molecule has 0 N–H and O–H groups in total. The lowest BCUT2D eigenvalue weighted by atomic mass is 9.94. The molecule has 6 rings (SSSR count). The van der Waals surface area contributed by atoms with Crippen LogP contribution in [-0.2, 0) is 0 Å². The molecule has 0 unspecified atom stereocenters. The fourth-order valence-electron chi connectivity index (χ4n) is 5.43. The normalized spacial score (nSPS) is 12.7. The lowest BCUT2D eigenvalue weighted by Gasteiger charge is -2.29. The lowest BCUT2D eigenvalue weighted by molar-refractivity contribution is 0.415. The highest BCUT2D eigenvalue weighted by atomic mass is 16.5. The third kappa shape index (κ3) is 4.96. The van der Waals surface area contributed by atoms with Gasteiger partial charge in [0.2, 0.25) is 5.69 Å². The van der Waals surface area contributed by atoms with Crippen LogP contribution in [0.25, 0.3) is 38.5 Å². The van der Waals surface area contributed by atoms with Crippen molar-refractivity contribution in [2.24, 2.45) is 0 Å². The molecular weight excluding hydrogens is 502 g/mol. The van der Waals surface area contributed by atoms with Gasteiger partial charge in [0.1, 0.15) is 11.8 Å². The number of hydrogen-bond acceptors (Lipinski definition) is 3. The number of benzene rings is 5. The number of anilines is 2. The molecular formula is C37H27N3O. The van der Waals surface area contributed by atoms with Crippen LogP contribution in [0.4, 0.5) is 17.1 Å². The van der Waals surface area contributed by atoms with Gasteiger partial charge in [0.15, 0.2) is 0 Å². The number of hydrogen-bond donors (Lipinski definition) is 0. The first kappa shape index (κ1) is 25.7. The topological polar surface area (TPSA) is 40.6 Å². The van der Waals surface area contributed by atoms with Gasteiger partial charge in [-0.05, 0) is 88.0 Å². The van der Waals surface area contributed by atoms with Gasteiger partial charge in [-0.3, -0.25) is 0 Å². The van der Waals surface area contributed by atoms with E-state index in [9.17, 15) is 5.26 Å². The molecule has 0 saturated heterocycles. The van der Waals surface area contributed by atoms with Crippen LogP contribution in [0.1, 0.15) is 29.5 Å². The number of fused-ring (bicyclic) bond motifs is 2. The first-order valence-corrected chi connectivity index (χ1v) is 13.5. The summed E-state index contributed by atoms with van der Waals surface area (Å²) in [6.07, 6.45) is 12.6. The second-order valence-electron chi connectivity index (χ2n) is 9.88. The first-order chi connectivity index (χ1) is 20.2. The van der Waals surface area contributed by atoms with Gasteiger partial charge >= 0.3 is 0 Å². The van der Waals surface area contributed by atoms with Gasteiger partial charge in [-0.1, -0.05) is 78.9 Å². The zero-order valence-corrected chi connectivity index (χ0v) is 22.7. The van der Waals surface area contributed by atoms with E-state index in [1.165, 1.54) is 5.70 Å². The molecule has 41 heavy (non-hydrogen) atoms. The SMILES string of the molecule is [C-]#[N+]c1c2ccccc2c(C#N)c2ccc(C=Cc3ccc(N(C4=CC=CCC4)c4ccc(OC)cc4)cc3)cc12. The number of methoxy groups -OCH3 is 1. The predicted molar refractivity (Wildman–Crippen MR) is 169 cm³/mol. The maximum atomic E-state index is 9.90. The summed E-state index contributed by atoms with van der Waals surface area (Å²) in [6, 6.07) is 32.7. The highest BCUT2D eigenvalue weighted by molar-refractivity contribution is 6.15. The van der Waals surface area contributed by atoms with Crippen LogP contribution in [0.15, 0.2) is 115 Å². The van der Waals surface area contributed by atoms with Crippen molar-refractivity contribution < 1.29 is 4.74 Å². The monoisotopic (exact) mass is 529 g/mol. The van der Waals surface area contributed by atoms with Gasteiger partial charge < -0.3 is 9.64 Å². The zero-order chi connectivity index (χ0) is 28.2. The minimum Gasteiger partial charge on any atom is -0.497 e. The Balaban J connectivity index is 1.33. The van der Waals surface area contributed by atoms with Crippen molar-refractivity contribution in [3.63, 3.8) is 0 Å². The largest absolute Gasteiger partial charge is 0.497 e. The van der Waals surface area contributed by atoms with Gasteiger partial charge in [-0.25, -0.2) is 4.85 Å². The van der Waals surface area contributed by atoms with Crippen LogP contribution in [0.3, 0.4) is 0 Å². The Labute approximate surface area is 240 Å². The highest BCUT2D eigenvalue weighted by Gasteiger charge is 2.16. The highest BCUT2D eigenvalue weighted by Crippen LogP contribution is 2.39. The Morgan fingerprint density at radius 1 is 0.829 bits per heavy atom. The van der Waals surface area contributed by atoms with Crippen molar-refractivity contribution in [1.82, 2.24) is 0 Å². The van der Waals surface area contributed by atoms with Gasteiger partial charge in [0.25, 0.3) is 0 Å². The molecule has 196 valence electrons. The molecule has 5 aromatic rings. The summed E-state index contributed by atoms with van der Waals surface area (Å²) in [5.74, 6) is 0.834. The average molecular weight is 530 g/mol. The van der Waals surface area contributed by atoms with E-state index in [2.05, 4.69) is 82.6 Å². The van der Waals surface area contributed by atoms with Crippen LogP contribution >= 0.6 is 0 Å². The van der Waals surface area contributed by atoms with Crippen molar-refractivity contribution in [2.75, 3.05) is 12.0 Å². The molecule has 0 aliphatic heterocycles. The van der Waals surface area contributed by atoms with E-state index in [0.29, 0.717) is 11.3 Å². The Morgan fingerprint density at radius 3 is 2.15 bits per heavy atom. The van der Waals surface area contributed by atoms with E-state index in [1.807, 2.05) is 54.6 Å². The molecule has 1 aliphatic rings. The summed E-state index contributed by atoms with van der Waals surface area (Å²) >= 11 is 0. The smallest absolute Gasteiger partial charge is 0.202 e. The maximum Gasteiger partial charge on any atom is 0.202 e. The molecule has 0 bridgehead atoms. The molecule has 0 radical (unpaired) electrons. The fourth-order valence-corrected chi connectivity index (χ4v) is 5.43. The third-order valence-corrected chi connectivity index (χ3v) is 7.47. The van der Waals surface area contributed by atoms with E-state index >= 15 is 0 Å². The number of nitriles is 1. The quantitative estimate of drug-likeness (QED) is 0.125. The van der Waals surface area contributed by atoms with E-state index < -0.39 is 0 Å². The predicted octanol–water partition coefficient (Wildman–Crippen LogP) is 9.97. The van der Waals surface area contributed by atoms with E-state index in [1.54, 1.807) is 7.11 Å². The maximum absolute atomic E-state index is 9.90. The molecule has 0 spiro atoms. The van der Waals surface area contributed by atoms with Crippen LogP contribution in [0, 0.1) is 17.9 Å². The fraction of sp³-hybridized carbons (Fsp3) is 0.0811. The van der Waals surface area contributed by atoms with Gasteiger partial charge in [-0.15, -0.1) is 0 Å². The van der Waals surface area contributed by atoms with Gasteiger partial charge in [-0.2, -0.15) is 5.26 Å². The second-order valence-corrected chi connectivity index (χ2v) is 9.88. The van der Waals surface area contributed by atoms with Crippen LogP contribution in [0.2, 0.25) is 0 Å². The second kappa shape index (κ2) is 11.3. The molecule has 4 nitrogen and oxygen atoms in total. The number of nitrogens with zero attached hydrogens (tertiary/aromatic N) is 3. The van der Waals surface area contributed by atoms with Crippen molar-refractivity contribution in [3.05, 3.63) is 143 Å². The molecule has 1 aliphatic carbocycles. The molecule has 0 fully saturated rings. The summed E-state index contributed by atoms with van der Waals surface area (Å²) in [4.78, 5) is 6.15. The van der Waals surface area contributed by atoms with E-state index in [-0.39, 0.29) is 0 Å². The minimum atomic E-state index is 0.583. The van der Waals surface area contributed by atoms with E-state index in [0.717, 1.165) is 62.6 Å². The average Bonchev–Trinajstić information content (AvgIpc) is 3.04. The zero-order valence-electron chi connectivity index (χ0n) is 22.7. The Kier molecular flexibility index (Phi) is 7.06. The third-order valence-electron chi connectivity index (χ3n) is 7.47.